The molecule has 0 aliphatic rings. The highest BCUT2D eigenvalue weighted by Gasteiger charge is 2.11. The van der Waals surface area contributed by atoms with Crippen LogP contribution in [-0.4, -0.2) is 28.3 Å². The van der Waals surface area contributed by atoms with Crippen LogP contribution < -0.4 is 4.90 Å². The minimum Gasteiger partial charge on any atom is -0.346 e. The maximum absolute atomic E-state index is 5.72. The van der Waals surface area contributed by atoms with Gasteiger partial charge in [0.05, 0.1) is 0 Å². The van der Waals surface area contributed by atoms with E-state index in [2.05, 4.69) is 16.3 Å². The number of nitrogens with zero attached hydrogens (tertiary/aromatic N) is 3. The molecule has 12 heavy (non-hydrogen) atoms. The van der Waals surface area contributed by atoms with Crippen LogP contribution in [0.15, 0.2) is 0 Å². The Kier molecular flexibility index (Phi) is 3.29. The molecule has 1 aromatic heterocycles. The lowest BCUT2D eigenvalue weighted by atomic mass is 10.4. The molecule has 0 fully saturated rings. The monoisotopic (exact) mass is 205 g/mol. The van der Waals surface area contributed by atoms with E-state index in [9.17, 15) is 0 Å². The molecule has 1 atom stereocenters. The fraction of sp³-hybridized carbons (Fsp3) is 0.714. The Balaban J connectivity index is 2.70. The SMILES string of the molecule is Cc1nsc(N(C)C(C)CCl)n1. The van der Waals surface area contributed by atoms with Crippen molar-refractivity contribution >= 4 is 28.3 Å². The quantitative estimate of drug-likeness (QED) is 0.706. The Hall–Kier alpha value is -0.350. The van der Waals surface area contributed by atoms with Crippen molar-refractivity contribution in [3.63, 3.8) is 0 Å². The third-order valence-electron chi connectivity index (χ3n) is 1.70. The van der Waals surface area contributed by atoms with Gasteiger partial charge >= 0.3 is 0 Å². The van der Waals surface area contributed by atoms with Crippen molar-refractivity contribution in [3.05, 3.63) is 5.82 Å². The van der Waals surface area contributed by atoms with Crippen molar-refractivity contribution in [1.82, 2.24) is 9.36 Å². The van der Waals surface area contributed by atoms with Gasteiger partial charge in [-0.05, 0) is 13.8 Å². The van der Waals surface area contributed by atoms with Crippen LogP contribution in [0.1, 0.15) is 12.7 Å². The first kappa shape index (κ1) is 9.74. The number of aromatic nitrogens is 2. The van der Waals surface area contributed by atoms with Gasteiger partial charge in [-0.15, -0.1) is 11.6 Å². The molecule has 0 saturated carbocycles. The fourth-order valence-corrected chi connectivity index (χ4v) is 1.66. The highest BCUT2D eigenvalue weighted by Crippen LogP contribution is 2.17. The molecule has 0 radical (unpaired) electrons. The molecule has 5 heteroatoms. The van der Waals surface area contributed by atoms with Gasteiger partial charge in [-0.25, -0.2) is 4.98 Å². The number of anilines is 1. The highest BCUT2D eigenvalue weighted by atomic mass is 35.5. The smallest absolute Gasteiger partial charge is 0.205 e. The normalized spacial score (nSPS) is 13.0. The maximum atomic E-state index is 5.72. The lowest BCUT2D eigenvalue weighted by Gasteiger charge is -2.21. The Morgan fingerprint density at radius 1 is 1.67 bits per heavy atom. The maximum Gasteiger partial charge on any atom is 0.205 e. The summed E-state index contributed by atoms with van der Waals surface area (Å²) in [5.41, 5.74) is 0. The molecule has 68 valence electrons. The second-order valence-corrected chi connectivity index (χ2v) is 3.78. The van der Waals surface area contributed by atoms with E-state index in [4.69, 9.17) is 11.6 Å². The van der Waals surface area contributed by atoms with Crippen molar-refractivity contribution in [2.24, 2.45) is 0 Å². The molecule has 3 nitrogen and oxygen atoms in total. The van der Waals surface area contributed by atoms with Gasteiger partial charge in [-0.1, -0.05) is 0 Å². The Labute approximate surface area is 81.5 Å². The zero-order valence-electron chi connectivity index (χ0n) is 7.41. The van der Waals surface area contributed by atoms with E-state index in [0.717, 1.165) is 11.0 Å². The molecule has 0 aromatic carbocycles. The summed E-state index contributed by atoms with van der Waals surface area (Å²) >= 11 is 7.13. The van der Waals surface area contributed by atoms with E-state index >= 15 is 0 Å². The van der Waals surface area contributed by atoms with E-state index < -0.39 is 0 Å². The summed E-state index contributed by atoms with van der Waals surface area (Å²) in [6.45, 7) is 3.95. The molecular formula is C7H12ClN3S. The van der Waals surface area contributed by atoms with Crippen LogP contribution in [0.2, 0.25) is 0 Å². The third-order valence-corrected chi connectivity index (χ3v) is 3.05. The number of rotatable bonds is 3. The largest absolute Gasteiger partial charge is 0.346 e. The molecule has 1 aromatic rings. The zero-order chi connectivity index (χ0) is 9.14. The average Bonchev–Trinajstić information content (AvgIpc) is 2.49. The lowest BCUT2D eigenvalue weighted by molar-refractivity contribution is 0.756. The summed E-state index contributed by atoms with van der Waals surface area (Å²) in [7, 11) is 1.98. The molecule has 1 unspecified atom stereocenters. The van der Waals surface area contributed by atoms with Gasteiger partial charge in [0, 0.05) is 30.5 Å². The Morgan fingerprint density at radius 3 is 2.75 bits per heavy atom. The number of hydrogen-bond donors (Lipinski definition) is 0. The number of aryl methyl sites for hydroxylation is 1. The number of alkyl halides is 1. The highest BCUT2D eigenvalue weighted by molar-refractivity contribution is 7.09. The fourth-order valence-electron chi connectivity index (χ4n) is 0.721. The van der Waals surface area contributed by atoms with Gasteiger partial charge < -0.3 is 4.90 Å². The van der Waals surface area contributed by atoms with Crippen LogP contribution >= 0.6 is 23.1 Å². The summed E-state index contributed by atoms with van der Waals surface area (Å²) < 4.78 is 4.10. The molecule has 1 heterocycles. The van der Waals surface area contributed by atoms with Gasteiger partial charge in [0.2, 0.25) is 5.13 Å². The van der Waals surface area contributed by atoms with E-state index in [1.807, 2.05) is 18.9 Å². The van der Waals surface area contributed by atoms with Gasteiger partial charge in [-0.2, -0.15) is 4.37 Å². The van der Waals surface area contributed by atoms with Gasteiger partial charge in [0.1, 0.15) is 5.82 Å². The summed E-state index contributed by atoms with van der Waals surface area (Å²) in [6, 6.07) is 0.305. The molecule has 0 spiro atoms. The van der Waals surface area contributed by atoms with E-state index in [1.54, 1.807) is 0 Å². The zero-order valence-corrected chi connectivity index (χ0v) is 8.98. The summed E-state index contributed by atoms with van der Waals surface area (Å²) in [6.07, 6.45) is 0. The van der Waals surface area contributed by atoms with Crippen LogP contribution in [0.25, 0.3) is 0 Å². The standard InChI is InChI=1S/C7H12ClN3S/c1-5(4-8)11(3)7-9-6(2)10-12-7/h5H,4H2,1-3H3. The molecule has 0 aliphatic heterocycles. The topological polar surface area (TPSA) is 29.0 Å². The minimum absolute atomic E-state index is 0.305. The van der Waals surface area contributed by atoms with Crippen LogP contribution in [0.3, 0.4) is 0 Å². The molecule has 0 aliphatic carbocycles. The van der Waals surface area contributed by atoms with E-state index in [1.165, 1.54) is 11.5 Å². The summed E-state index contributed by atoms with van der Waals surface area (Å²) in [4.78, 5) is 6.29. The van der Waals surface area contributed by atoms with E-state index in [-0.39, 0.29) is 0 Å². The summed E-state index contributed by atoms with van der Waals surface area (Å²) in [5.74, 6) is 1.43. The second kappa shape index (κ2) is 4.05. The number of halogens is 1. The second-order valence-electron chi connectivity index (χ2n) is 2.74. The predicted octanol–water partition coefficient (Wildman–Crippen LogP) is 1.91. The third kappa shape index (κ3) is 2.08. The van der Waals surface area contributed by atoms with E-state index in [0.29, 0.717) is 11.9 Å². The Morgan fingerprint density at radius 2 is 2.33 bits per heavy atom. The Bertz CT molecular complexity index is 251. The molecule has 0 bridgehead atoms. The predicted molar refractivity (Wildman–Crippen MR) is 53.2 cm³/mol. The molecular weight excluding hydrogens is 194 g/mol. The first-order chi connectivity index (χ1) is 5.65. The van der Waals surface area contributed by atoms with Crippen molar-refractivity contribution in [2.75, 3.05) is 17.8 Å². The van der Waals surface area contributed by atoms with Crippen molar-refractivity contribution in [2.45, 2.75) is 19.9 Å². The molecule has 0 amide bonds. The van der Waals surface area contributed by atoms with Gasteiger partial charge in [-0.3, -0.25) is 0 Å². The summed E-state index contributed by atoms with van der Waals surface area (Å²) in [5, 5.41) is 0.931. The van der Waals surface area contributed by atoms with Crippen molar-refractivity contribution in [1.29, 1.82) is 0 Å². The molecule has 0 saturated heterocycles. The van der Waals surface area contributed by atoms with Crippen LogP contribution in [-0.2, 0) is 0 Å². The van der Waals surface area contributed by atoms with Gasteiger partial charge in [0.25, 0.3) is 0 Å². The average molecular weight is 206 g/mol. The van der Waals surface area contributed by atoms with Crippen LogP contribution in [0.5, 0.6) is 0 Å². The van der Waals surface area contributed by atoms with Crippen molar-refractivity contribution < 1.29 is 0 Å². The first-order valence-electron chi connectivity index (χ1n) is 3.74. The molecule has 0 N–H and O–H groups in total. The van der Waals surface area contributed by atoms with Crippen LogP contribution in [0, 0.1) is 6.92 Å². The van der Waals surface area contributed by atoms with Crippen molar-refractivity contribution in [3.8, 4) is 0 Å². The van der Waals surface area contributed by atoms with Crippen LogP contribution in [0.4, 0.5) is 5.13 Å². The van der Waals surface area contributed by atoms with Gasteiger partial charge in [0.15, 0.2) is 0 Å². The molecule has 1 rings (SSSR count). The lowest BCUT2D eigenvalue weighted by Crippen LogP contribution is -2.29. The first-order valence-corrected chi connectivity index (χ1v) is 5.05. The number of hydrogen-bond acceptors (Lipinski definition) is 4. The minimum atomic E-state index is 0.305.